The van der Waals surface area contributed by atoms with Crippen LogP contribution in [0.4, 0.5) is 0 Å². The van der Waals surface area contributed by atoms with Crippen LogP contribution in [-0.4, -0.2) is 13.2 Å². The first-order chi connectivity index (χ1) is 11.8. The average Bonchev–Trinajstić information content (AvgIpc) is 2.67. The highest BCUT2D eigenvalue weighted by atomic mass is 31.2. The van der Waals surface area contributed by atoms with Gasteiger partial charge in [0.1, 0.15) is 12.4 Å². The predicted molar refractivity (Wildman–Crippen MR) is 99.7 cm³/mol. The van der Waals surface area contributed by atoms with Gasteiger partial charge in [-0.25, -0.2) is 0 Å². The molecule has 1 N–H and O–H groups in total. The number of hydrogen-bond donors (Lipinski definition) is 1. The molecule has 0 aliphatic heterocycles. The summed E-state index contributed by atoms with van der Waals surface area (Å²) in [5, 5.41) is 4.83. The van der Waals surface area contributed by atoms with E-state index in [1.807, 2.05) is 91.0 Å². The third-order valence-electron chi connectivity index (χ3n) is 3.69. The fraction of sp³-hybridized carbons (Fsp3) is 0.100. The minimum Gasteiger partial charge on any atom is -0.492 e. The molecule has 0 saturated carbocycles. The number of para-hydroxylation sites is 1. The molecular formula is C20H20NO2P. The molecule has 0 fully saturated rings. The average molecular weight is 337 g/mol. The van der Waals surface area contributed by atoms with Gasteiger partial charge in [0.05, 0.1) is 0 Å². The summed E-state index contributed by atoms with van der Waals surface area (Å²) in [5.41, 5.74) is 0. The van der Waals surface area contributed by atoms with Crippen molar-refractivity contribution >= 4 is 17.9 Å². The molecule has 0 heterocycles. The van der Waals surface area contributed by atoms with Crippen LogP contribution >= 0.6 is 7.29 Å². The lowest BCUT2D eigenvalue weighted by atomic mass is 10.3. The maximum absolute atomic E-state index is 13.7. The summed E-state index contributed by atoms with van der Waals surface area (Å²) in [5.74, 6) is 0.813. The molecule has 3 nitrogen and oxygen atoms in total. The van der Waals surface area contributed by atoms with Crippen molar-refractivity contribution in [1.29, 1.82) is 0 Å². The molecule has 0 unspecified atom stereocenters. The molecule has 4 heteroatoms. The lowest BCUT2D eigenvalue weighted by molar-refractivity contribution is 0.323. The number of hydrogen-bond acceptors (Lipinski definition) is 2. The Hall–Kier alpha value is -2.35. The van der Waals surface area contributed by atoms with Crippen LogP contribution < -0.4 is 20.4 Å². The predicted octanol–water partition coefficient (Wildman–Crippen LogP) is 3.58. The molecule has 0 saturated heterocycles. The second-order valence-electron chi connectivity index (χ2n) is 5.35. The van der Waals surface area contributed by atoms with Crippen molar-refractivity contribution in [2.24, 2.45) is 0 Å². The zero-order valence-corrected chi connectivity index (χ0v) is 14.2. The van der Waals surface area contributed by atoms with E-state index < -0.39 is 7.29 Å². The molecule has 122 valence electrons. The zero-order valence-electron chi connectivity index (χ0n) is 13.3. The molecule has 0 spiro atoms. The van der Waals surface area contributed by atoms with Crippen LogP contribution in [0.1, 0.15) is 0 Å². The third kappa shape index (κ3) is 3.94. The lowest BCUT2D eigenvalue weighted by Crippen LogP contribution is -2.30. The molecule has 0 aromatic heterocycles. The van der Waals surface area contributed by atoms with Crippen LogP contribution in [0.25, 0.3) is 0 Å². The first-order valence-electron chi connectivity index (χ1n) is 7.93. The highest BCUT2D eigenvalue weighted by molar-refractivity contribution is 7.76. The summed E-state index contributed by atoms with van der Waals surface area (Å²) < 4.78 is 19.4. The Balaban J connectivity index is 1.73. The third-order valence-corrected chi connectivity index (χ3v) is 6.41. The summed E-state index contributed by atoms with van der Waals surface area (Å²) in [4.78, 5) is 0. The second kappa shape index (κ2) is 7.96. The van der Waals surface area contributed by atoms with E-state index in [4.69, 9.17) is 4.74 Å². The Morgan fingerprint density at radius 2 is 1.17 bits per heavy atom. The topological polar surface area (TPSA) is 38.3 Å². The van der Waals surface area contributed by atoms with Gasteiger partial charge in [0.15, 0.2) is 0 Å². The molecule has 0 aliphatic carbocycles. The van der Waals surface area contributed by atoms with Crippen molar-refractivity contribution in [2.45, 2.75) is 0 Å². The molecule has 3 aromatic rings. The van der Waals surface area contributed by atoms with Gasteiger partial charge >= 0.3 is 0 Å². The summed E-state index contributed by atoms with van der Waals surface area (Å²) in [6.45, 7) is 0.948. The lowest BCUT2D eigenvalue weighted by Gasteiger charge is -2.20. The van der Waals surface area contributed by atoms with Crippen LogP contribution in [0.5, 0.6) is 5.75 Å². The molecule has 0 bridgehead atoms. The molecule has 0 aliphatic rings. The maximum atomic E-state index is 13.7. The highest BCUT2D eigenvalue weighted by Crippen LogP contribution is 2.38. The second-order valence-corrected chi connectivity index (χ2v) is 7.92. The normalized spacial score (nSPS) is 11.2. The number of benzene rings is 3. The Bertz CT molecular complexity index is 748. The highest BCUT2D eigenvalue weighted by Gasteiger charge is 2.26. The number of ether oxygens (including phenoxy) is 1. The van der Waals surface area contributed by atoms with E-state index in [1.54, 1.807) is 0 Å². The van der Waals surface area contributed by atoms with Crippen molar-refractivity contribution in [1.82, 2.24) is 5.09 Å². The largest absolute Gasteiger partial charge is 0.492 e. The Kier molecular flexibility index (Phi) is 5.47. The van der Waals surface area contributed by atoms with E-state index in [9.17, 15) is 4.57 Å². The quantitative estimate of drug-likeness (QED) is 0.529. The number of nitrogens with one attached hydrogen (secondary N) is 1. The van der Waals surface area contributed by atoms with Crippen molar-refractivity contribution in [3.05, 3.63) is 91.0 Å². The summed E-state index contributed by atoms with van der Waals surface area (Å²) in [7, 11) is -2.88. The molecule has 3 rings (SSSR count). The zero-order chi connectivity index (χ0) is 16.7. The summed E-state index contributed by atoms with van der Waals surface area (Å²) in [6.07, 6.45) is 0. The van der Waals surface area contributed by atoms with Gasteiger partial charge in [-0.3, -0.25) is 9.65 Å². The van der Waals surface area contributed by atoms with E-state index in [1.165, 1.54) is 0 Å². The summed E-state index contributed by atoms with van der Waals surface area (Å²) >= 11 is 0. The first kappa shape index (κ1) is 16.5. The van der Waals surface area contributed by atoms with Gasteiger partial charge in [-0.05, 0) is 36.4 Å². The van der Waals surface area contributed by atoms with Gasteiger partial charge in [0.2, 0.25) is 7.29 Å². The Morgan fingerprint density at radius 3 is 1.67 bits per heavy atom. The first-order valence-corrected chi connectivity index (χ1v) is 9.64. The van der Waals surface area contributed by atoms with Crippen molar-refractivity contribution < 1.29 is 9.30 Å². The Labute approximate surface area is 142 Å². The number of rotatable bonds is 7. The monoisotopic (exact) mass is 337 g/mol. The standard InChI is InChI=1S/C20H20NO2P/c22-24(19-12-6-2-7-13-19,20-14-8-3-9-15-20)21-16-17-23-18-10-4-1-5-11-18/h1-15H,16-17H2,(H,21,22). The minimum absolute atomic E-state index is 0.452. The van der Waals surface area contributed by atoms with E-state index >= 15 is 0 Å². The molecule has 0 radical (unpaired) electrons. The molecular weight excluding hydrogens is 317 g/mol. The SMILES string of the molecule is O=P(NCCOc1ccccc1)(c1ccccc1)c1ccccc1. The van der Waals surface area contributed by atoms with Gasteiger partial charge < -0.3 is 4.74 Å². The van der Waals surface area contributed by atoms with Gasteiger partial charge in [0, 0.05) is 17.2 Å². The van der Waals surface area contributed by atoms with Gasteiger partial charge in [-0.1, -0.05) is 54.6 Å². The minimum atomic E-state index is -2.88. The van der Waals surface area contributed by atoms with E-state index in [-0.39, 0.29) is 0 Å². The van der Waals surface area contributed by atoms with E-state index in [0.717, 1.165) is 16.4 Å². The van der Waals surface area contributed by atoms with Gasteiger partial charge in [-0.15, -0.1) is 0 Å². The smallest absolute Gasteiger partial charge is 0.204 e. The molecule has 0 atom stereocenters. The van der Waals surface area contributed by atoms with Crippen molar-refractivity contribution in [3.8, 4) is 5.75 Å². The van der Waals surface area contributed by atoms with Crippen molar-refractivity contribution in [2.75, 3.05) is 13.2 Å². The summed E-state index contributed by atoms with van der Waals surface area (Å²) in [6, 6.07) is 28.7. The Morgan fingerprint density at radius 1 is 0.708 bits per heavy atom. The van der Waals surface area contributed by atoms with Crippen LogP contribution in [0.3, 0.4) is 0 Å². The van der Waals surface area contributed by atoms with Crippen LogP contribution in [0.2, 0.25) is 0 Å². The van der Waals surface area contributed by atoms with Crippen LogP contribution in [0.15, 0.2) is 91.0 Å². The van der Waals surface area contributed by atoms with Gasteiger partial charge in [-0.2, -0.15) is 0 Å². The van der Waals surface area contributed by atoms with E-state index in [2.05, 4.69) is 5.09 Å². The molecule has 3 aromatic carbocycles. The van der Waals surface area contributed by atoms with Crippen molar-refractivity contribution in [3.63, 3.8) is 0 Å². The fourth-order valence-corrected chi connectivity index (χ4v) is 4.75. The maximum Gasteiger partial charge on any atom is 0.204 e. The van der Waals surface area contributed by atoms with Crippen LogP contribution in [-0.2, 0) is 4.57 Å². The van der Waals surface area contributed by atoms with E-state index in [0.29, 0.717) is 13.2 Å². The van der Waals surface area contributed by atoms with Crippen LogP contribution in [0, 0.1) is 0 Å². The fourth-order valence-electron chi connectivity index (χ4n) is 2.50. The molecule has 0 amide bonds. The molecule has 24 heavy (non-hydrogen) atoms. The van der Waals surface area contributed by atoms with Gasteiger partial charge in [0.25, 0.3) is 0 Å².